The van der Waals surface area contributed by atoms with Gasteiger partial charge >= 0.3 is 11.9 Å². The number of carbonyl (C=O) groups is 2. The van der Waals surface area contributed by atoms with Crippen molar-refractivity contribution in [1.29, 1.82) is 0 Å². The van der Waals surface area contributed by atoms with Crippen LogP contribution in [0.25, 0.3) is 54.2 Å². The van der Waals surface area contributed by atoms with Crippen molar-refractivity contribution in [3.63, 3.8) is 0 Å². The molecule has 0 saturated carbocycles. The molecule has 0 unspecified atom stereocenters. The zero-order valence-corrected chi connectivity index (χ0v) is 30.1. The molecule has 0 spiro atoms. The zero-order chi connectivity index (χ0) is 37.0. The molecule has 0 amide bonds. The topological polar surface area (TPSA) is 71.1 Å². The predicted octanol–water partition coefficient (Wildman–Crippen LogP) is 11.1. The van der Waals surface area contributed by atoms with Crippen molar-refractivity contribution in [2.45, 2.75) is 13.8 Å². The van der Waals surface area contributed by atoms with Crippen molar-refractivity contribution in [1.82, 2.24) is 0 Å². The first-order chi connectivity index (χ1) is 26.5. The van der Waals surface area contributed by atoms with E-state index in [0.29, 0.717) is 11.1 Å². The van der Waals surface area contributed by atoms with Gasteiger partial charge in [-0.1, -0.05) is 132 Å². The molecule has 8 aromatic rings. The third-order valence-corrected chi connectivity index (χ3v) is 9.65. The molecule has 0 aromatic heterocycles. The normalized spacial score (nSPS) is 11.2. The lowest BCUT2D eigenvalue weighted by molar-refractivity contribution is 0.0444. The van der Waals surface area contributed by atoms with Crippen molar-refractivity contribution in [2.75, 3.05) is 26.4 Å². The van der Waals surface area contributed by atoms with Crippen molar-refractivity contribution in [3.05, 3.63) is 168 Å². The van der Waals surface area contributed by atoms with Crippen molar-refractivity contribution >= 4 is 55.0 Å². The molecule has 6 nitrogen and oxygen atoms in total. The van der Waals surface area contributed by atoms with Crippen LogP contribution in [0.3, 0.4) is 0 Å². The molecular formula is C48H38O6. The number of aryl methyl sites for hydroxylation is 2. The van der Waals surface area contributed by atoms with Gasteiger partial charge in [0, 0.05) is 21.5 Å². The first kappa shape index (κ1) is 34.4. The lowest BCUT2D eigenvalue weighted by Gasteiger charge is -2.22. The fourth-order valence-corrected chi connectivity index (χ4v) is 7.23. The minimum atomic E-state index is -0.380. The maximum Gasteiger partial charge on any atom is 0.338 e. The second kappa shape index (κ2) is 15.1. The molecule has 0 aliphatic carbocycles. The average Bonchev–Trinajstić information content (AvgIpc) is 3.21. The largest absolute Gasteiger partial charge is 0.489 e. The van der Waals surface area contributed by atoms with Gasteiger partial charge in [0.1, 0.15) is 37.9 Å². The van der Waals surface area contributed by atoms with E-state index in [1.54, 1.807) is 24.3 Å². The standard InChI is InChI=1S/C48H38O6/c1-31-21-23-39-41(29-31)43(35-17-9-11-19-37(35)45(39)51-25-27-53-47(49)33-13-5-3-6-14-33)44-36-18-10-12-20-38(36)46(40-24-22-32(2)30-42(40)44)52-26-28-54-48(50)34-15-7-4-8-16-34/h3-24,29-30H,25-28H2,1-2H3. The number of fused-ring (bicyclic) bond motifs is 4. The highest BCUT2D eigenvalue weighted by atomic mass is 16.6. The van der Waals surface area contributed by atoms with Gasteiger partial charge in [0.05, 0.1) is 11.1 Å². The molecule has 0 heterocycles. The fourth-order valence-electron chi connectivity index (χ4n) is 7.23. The van der Waals surface area contributed by atoms with Gasteiger partial charge in [-0.3, -0.25) is 0 Å². The molecule has 8 rings (SSSR count). The quantitative estimate of drug-likeness (QED) is 0.0756. The number of esters is 2. The monoisotopic (exact) mass is 710 g/mol. The zero-order valence-electron chi connectivity index (χ0n) is 30.1. The van der Waals surface area contributed by atoms with Gasteiger partial charge in [-0.25, -0.2) is 9.59 Å². The summed E-state index contributed by atoms with van der Waals surface area (Å²) in [6.07, 6.45) is 0. The smallest absolute Gasteiger partial charge is 0.338 e. The fraction of sp³-hybridized carbons (Fsp3) is 0.125. The van der Waals surface area contributed by atoms with E-state index in [1.807, 2.05) is 48.5 Å². The Morgan fingerprint density at radius 3 is 1.15 bits per heavy atom. The molecule has 0 bridgehead atoms. The highest BCUT2D eigenvalue weighted by Crippen LogP contribution is 2.50. The Balaban J connectivity index is 1.22. The highest BCUT2D eigenvalue weighted by molar-refractivity contribution is 6.26. The van der Waals surface area contributed by atoms with Crippen molar-refractivity contribution in [2.24, 2.45) is 0 Å². The second-order valence-corrected chi connectivity index (χ2v) is 13.3. The Kier molecular flexibility index (Phi) is 9.65. The molecule has 0 saturated heterocycles. The molecule has 54 heavy (non-hydrogen) atoms. The van der Waals surface area contributed by atoms with Crippen LogP contribution < -0.4 is 9.47 Å². The molecule has 8 aromatic carbocycles. The molecule has 6 heteroatoms. The van der Waals surface area contributed by atoms with Gasteiger partial charge < -0.3 is 18.9 Å². The van der Waals surface area contributed by atoms with Gasteiger partial charge in [0.15, 0.2) is 0 Å². The summed E-state index contributed by atoms with van der Waals surface area (Å²) in [6, 6.07) is 47.5. The minimum absolute atomic E-state index is 0.110. The summed E-state index contributed by atoms with van der Waals surface area (Å²) < 4.78 is 24.2. The van der Waals surface area contributed by atoms with Crippen LogP contribution in [0.2, 0.25) is 0 Å². The van der Waals surface area contributed by atoms with Crippen LogP contribution in [-0.2, 0) is 9.47 Å². The van der Waals surface area contributed by atoms with E-state index in [-0.39, 0.29) is 38.4 Å². The van der Waals surface area contributed by atoms with Gasteiger partial charge in [-0.2, -0.15) is 0 Å². The summed E-state index contributed by atoms with van der Waals surface area (Å²) in [5, 5.41) is 8.05. The summed E-state index contributed by atoms with van der Waals surface area (Å²) in [5.74, 6) is 0.730. The number of ether oxygens (including phenoxy) is 4. The number of hydrogen-bond acceptors (Lipinski definition) is 6. The number of rotatable bonds is 11. The van der Waals surface area contributed by atoms with Gasteiger partial charge in [-0.05, 0) is 70.8 Å². The lowest BCUT2D eigenvalue weighted by atomic mass is 9.84. The van der Waals surface area contributed by atoms with E-state index >= 15 is 0 Å². The Bertz CT molecular complexity index is 2480. The number of carbonyl (C=O) groups excluding carboxylic acids is 2. The maximum absolute atomic E-state index is 12.6. The number of hydrogen-bond donors (Lipinski definition) is 0. The van der Waals surface area contributed by atoms with Crippen LogP contribution in [-0.4, -0.2) is 38.4 Å². The first-order valence-electron chi connectivity index (χ1n) is 18.1. The van der Waals surface area contributed by atoms with Gasteiger partial charge in [-0.15, -0.1) is 0 Å². The molecule has 0 radical (unpaired) electrons. The molecule has 266 valence electrons. The van der Waals surface area contributed by atoms with E-state index in [0.717, 1.165) is 76.8 Å². The summed E-state index contributed by atoms with van der Waals surface area (Å²) >= 11 is 0. The molecule has 0 fully saturated rings. The van der Waals surface area contributed by atoms with Gasteiger partial charge in [0.2, 0.25) is 0 Å². The van der Waals surface area contributed by atoms with Crippen LogP contribution in [0.4, 0.5) is 0 Å². The molecule has 0 aliphatic rings. The van der Waals surface area contributed by atoms with Crippen LogP contribution in [0.1, 0.15) is 31.8 Å². The van der Waals surface area contributed by atoms with E-state index in [2.05, 4.69) is 86.6 Å². The third-order valence-electron chi connectivity index (χ3n) is 9.65. The van der Waals surface area contributed by atoms with Crippen molar-refractivity contribution in [3.8, 4) is 22.6 Å². The lowest BCUT2D eigenvalue weighted by Crippen LogP contribution is -2.13. The third kappa shape index (κ3) is 6.70. The summed E-state index contributed by atoms with van der Waals surface area (Å²) in [7, 11) is 0. The van der Waals surface area contributed by atoms with Crippen molar-refractivity contribution < 1.29 is 28.5 Å². The molecule has 0 aliphatic heterocycles. The second-order valence-electron chi connectivity index (χ2n) is 13.3. The van der Waals surface area contributed by atoms with Gasteiger partial charge in [0.25, 0.3) is 0 Å². The summed E-state index contributed by atoms with van der Waals surface area (Å²) in [6.45, 7) is 4.82. The van der Waals surface area contributed by atoms with Crippen LogP contribution >= 0.6 is 0 Å². The van der Waals surface area contributed by atoms with E-state index in [9.17, 15) is 9.59 Å². The highest BCUT2D eigenvalue weighted by Gasteiger charge is 2.23. The van der Waals surface area contributed by atoms with E-state index in [4.69, 9.17) is 18.9 Å². The Morgan fingerprint density at radius 2 is 0.741 bits per heavy atom. The average molecular weight is 711 g/mol. The van der Waals surface area contributed by atoms with Crippen LogP contribution in [0.15, 0.2) is 146 Å². The maximum atomic E-state index is 12.6. The van der Waals surface area contributed by atoms with E-state index < -0.39 is 0 Å². The molecule has 0 atom stereocenters. The molecular weight excluding hydrogens is 673 g/mol. The Labute approximate surface area is 313 Å². The summed E-state index contributed by atoms with van der Waals surface area (Å²) in [5.41, 5.74) is 5.45. The number of benzene rings is 8. The Hall–Kier alpha value is -6.66. The van der Waals surface area contributed by atoms with E-state index in [1.165, 1.54) is 0 Å². The first-order valence-corrected chi connectivity index (χ1v) is 18.1. The predicted molar refractivity (Wildman–Crippen MR) is 216 cm³/mol. The SMILES string of the molecule is Cc1ccc2c(OCCOC(=O)c3ccccc3)c3ccccc3c(-c3c4ccccc4c(OCCOC(=O)c4ccccc4)c4ccc(C)cc34)c2c1. The van der Waals surface area contributed by atoms with Crippen LogP contribution in [0.5, 0.6) is 11.5 Å². The molecule has 0 N–H and O–H groups in total. The minimum Gasteiger partial charge on any atom is -0.489 e. The summed E-state index contributed by atoms with van der Waals surface area (Å²) in [4.78, 5) is 25.3. The van der Waals surface area contributed by atoms with Crippen LogP contribution in [0, 0.1) is 13.8 Å². The Morgan fingerprint density at radius 1 is 0.389 bits per heavy atom.